The summed E-state index contributed by atoms with van der Waals surface area (Å²) in [5.74, 6) is 2.12. The van der Waals surface area contributed by atoms with Crippen LogP contribution in [0.2, 0.25) is 0 Å². The molecule has 11 rings (SSSR count). The maximum absolute atomic E-state index is 6.89. The summed E-state index contributed by atoms with van der Waals surface area (Å²) in [6.07, 6.45) is 1.79. The molecule has 0 spiro atoms. The van der Waals surface area contributed by atoms with Crippen molar-refractivity contribution >= 4 is 43.9 Å². The van der Waals surface area contributed by atoms with Crippen LogP contribution in [0.5, 0.6) is 0 Å². The van der Waals surface area contributed by atoms with E-state index in [9.17, 15) is 0 Å². The van der Waals surface area contributed by atoms with Gasteiger partial charge in [0.1, 0.15) is 11.3 Å². The fraction of sp³-hybridized carbons (Fsp3) is 0.138. The molecule has 4 heterocycles. The average molecular weight is 1010 g/mol. The van der Waals surface area contributed by atoms with E-state index in [1.165, 1.54) is 22.3 Å². The number of aryl methyl sites for hydroxylation is 2. The van der Waals surface area contributed by atoms with E-state index in [0.717, 1.165) is 89.1 Å². The first-order valence-electron chi connectivity index (χ1n) is 21.7. The Kier molecular flexibility index (Phi) is 11.8. The first-order chi connectivity index (χ1) is 30.7. The van der Waals surface area contributed by atoms with Crippen LogP contribution in [-0.4, -0.2) is 14.5 Å². The molecule has 0 atom stereocenters. The largest absolute Gasteiger partial charge is 0.501 e. The van der Waals surface area contributed by atoms with E-state index in [1.807, 2.05) is 60.7 Å². The Hall–Kier alpha value is -6.85. The number of pyridine rings is 1. The van der Waals surface area contributed by atoms with Gasteiger partial charge in [-0.2, -0.15) is 0 Å². The van der Waals surface area contributed by atoms with Gasteiger partial charge in [0.25, 0.3) is 0 Å². The van der Waals surface area contributed by atoms with Gasteiger partial charge < -0.3 is 18.4 Å². The molecular weight excluding hydrogens is 963 g/mol. The standard InChI is InChI=1S/C47H39N2O2.C11H8N.Ir/c1-27(2)35-24-33(31-15-9-7-10-16-31)25-36(28(3)4)44(35)49-39-20-14-13-19-38(39)48-47(49)37-26-41-42(30(6)45(51-41)32-17-11-8-12-18-32)43-34-22-21-29(5)23-40(34)50-46(37)43;1-2-6-10(7-3-1)11-8-4-5-9-12-11;/h7-25,27-28H,1-6H3;1-6,8-9H;/q2*-1;. The Morgan fingerprint density at radius 2 is 1.30 bits per heavy atom. The van der Waals surface area contributed by atoms with Crippen molar-refractivity contribution in [2.75, 3.05) is 0 Å². The second kappa shape index (κ2) is 17.7. The van der Waals surface area contributed by atoms with Crippen molar-refractivity contribution in [1.82, 2.24) is 14.5 Å². The van der Waals surface area contributed by atoms with Crippen molar-refractivity contribution in [2.24, 2.45) is 0 Å². The Balaban J connectivity index is 0.000000345. The van der Waals surface area contributed by atoms with E-state index in [0.29, 0.717) is 5.58 Å². The molecular formula is C58H47IrN3O2-2. The average Bonchev–Trinajstić information content (AvgIpc) is 4.00. The number of hydrogen-bond acceptors (Lipinski definition) is 4. The van der Waals surface area contributed by atoms with Gasteiger partial charge in [-0.15, -0.1) is 35.9 Å². The minimum atomic E-state index is 0. The number of fused-ring (bicyclic) bond motifs is 6. The van der Waals surface area contributed by atoms with Crippen LogP contribution in [0.25, 0.3) is 94.7 Å². The van der Waals surface area contributed by atoms with Crippen LogP contribution in [-0.2, 0) is 20.1 Å². The zero-order chi connectivity index (χ0) is 43.2. The number of furan rings is 2. The van der Waals surface area contributed by atoms with Gasteiger partial charge in [0.05, 0.1) is 28.0 Å². The molecule has 317 valence electrons. The van der Waals surface area contributed by atoms with Crippen LogP contribution in [0.15, 0.2) is 173 Å². The molecule has 5 nitrogen and oxygen atoms in total. The fourth-order valence-electron chi connectivity index (χ4n) is 8.83. The summed E-state index contributed by atoms with van der Waals surface area (Å²) in [4.78, 5) is 9.62. The number of para-hydroxylation sites is 2. The number of hydrogen-bond donors (Lipinski definition) is 0. The number of benzene rings is 7. The zero-order valence-electron chi connectivity index (χ0n) is 36.7. The molecule has 0 bridgehead atoms. The van der Waals surface area contributed by atoms with E-state index < -0.39 is 0 Å². The quantitative estimate of drug-likeness (QED) is 0.149. The first kappa shape index (κ1) is 42.5. The van der Waals surface area contributed by atoms with Gasteiger partial charge in [-0.3, -0.25) is 4.98 Å². The van der Waals surface area contributed by atoms with Gasteiger partial charge in [0, 0.05) is 42.9 Å². The molecule has 0 aliphatic carbocycles. The topological polar surface area (TPSA) is 57.0 Å². The smallest absolute Gasteiger partial charge is 0.126 e. The molecule has 0 saturated carbocycles. The van der Waals surface area contributed by atoms with Crippen molar-refractivity contribution in [3.63, 3.8) is 0 Å². The first-order valence-corrected chi connectivity index (χ1v) is 21.7. The molecule has 64 heavy (non-hydrogen) atoms. The van der Waals surface area contributed by atoms with E-state index in [2.05, 4.69) is 160 Å². The minimum absolute atomic E-state index is 0. The van der Waals surface area contributed by atoms with Crippen LogP contribution in [0.4, 0.5) is 0 Å². The predicted molar refractivity (Wildman–Crippen MR) is 259 cm³/mol. The van der Waals surface area contributed by atoms with Crippen LogP contribution in [0.3, 0.4) is 0 Å². The van der Waals surface area contributed by atoms with E-state index in [-0.39, 0.29) is 31.9 Å². The van der Waals surface area contributed by atoms with Gasteiger partial charge in [0.2, 0.25) is 0 Å². The van der Waals surface area contributed by atoms with Crippen molar-refractivity contribution < 1.29 is 28.9 Å². The third-order valence-electron chi connectivity index (χ3n) is 11.9. The van der Waals surface area contributed by atoms with Crippen molar-refractivity contribution in [2.45, 2.75) is 53.4 Å². The Bertz CT molecular complexity index is 3340. The normalized spacial score (nSPS) is 11.4. The maximum Gasteiger partial charge on any atom is 0.126 e. The molecule has 0 amide bonds. The number of imidazole rings is 1. The summed E-state index contributed by atoms with van der Waals surface area (Å²) in [6, 6.07) is 61.2. The minimum Gasteiger partial charge on any atom is -0.501 e. The summed E-state index contributed by atoms with van der Waals surface area (Å²) < 4.78 is 16.0. The van der Waals surface area contributed by atoms with E-state index >= 15 is 0 Å². The predicted octanol–water partition coefficient (Wildman–Crippen LogP) is 15.9. The van der Waals surface area contributed by atoms with Gasteiger partial charge in [0.15, 0.2) is 0 Å². The van der Waals surface area contributed by atoms with Gasteiger partial charge >= 0.3 is 0 Å². The molecule has 0 fully saturated rings. The Morgan fingerprint density at radius 1 is 0.625 bits per heavy atom. The van der Waals surface area contributed by atoms with Crippen molar-refractivity contribution in [3.8, 4) is 50.8 Å². The second-order valence-corrected chi connectivity index (χ2v) is 16.9. The number of nitrogens with zero attached hydrogens (tertiary/aromatic N) is 3. The van der Waals surface area contributed by atoms with Crippen LogP contribution >= 0.6 is 0 Å². The fourth-order valence-corrected chi connectivity index (χ4v) is 8.83. The van der Waals surface area contributed by atoms with E-state index in [1.54, 1.807) is 6.20 Å². The molecule has 0 unspecified atom stereocenters. The summed E-state index contributed by atoms with van der Waals surface area (Å²) in [5.41, 5.74) is 16.4. The van der Waals surface area contributed by atoms with Gasteiger partial charge in [-0.1, -0.05) is 136 Å². The van der Waals surface area contributed by atoms with Crippen molar-refractivity contribution in [1.29, 1.82) is 0 Å². The molecule has 0 N–H and O–H groups in total. The molecule has 0 aliphatic heterocycles. The molecule has 6 heteroatoms. The second-order valence-electron chi connectivity index (χ2n) is 16.9. The maximum atomic E-state index is 6.89. The van der Waals surface area contributed by atoms with Gasteiger partial charge in [-0.05, 0) is 112 Å². The van der Waals surface area contributed by atoms with Gasteiger partial charge in [-0.25, -0.2) is 0 Å². The summed E-state index contributed by atoms with van der Waals surface area (Å²) in [7, 11) is 0. The SMILES string of the molecule is Cc1ccc2c(c1)oc1c(-c3nc4ccccc4n3-c3c(C(C)C)cc(-c4ccccc4)cc3C(C)C)[c-]c3oc(-c4ccccc4)c(C)c3c12.[Ir].[c-]1ccccc1-c1ccccn1. The van der Waals surface area contributed by atoms with Crippen LogP contribution in [0, 0.1) is 26.0 Å². The van der Waals surface area contributed by atoms with E-state index in [4.69, 9.17) is 13.8 Å². The molecule has 0 aliphatic rings. The summed E-state index contributed by atoms with van der Waals surface area (Å²) in [6.45, 7) is 13.4. The third-order valence-corrected chi connectivity index (χ3v) is 11.9. The van der Waals surface area contributed by atoms with Crippen LogP contribution in [0.1, 0.15) is 61.8 Å². The third kappa shape index (κ3) is 7.68. The molecule has 7 aromatic carbocycles. The summed E-state index contributed by atoms with van der Waals surface area (Å²) in [5, 5.41) is 3.11. The monoisotopic (exact) mass is 1010 g/mol. The van der Waals surface area contributed by atoms with Crippen molar-refractivity contribution in [3.05, 3.63) is 198 Å². The Labute approximate surface area is 387 Å². The molecule has 4 aromatic heterocycles. The zero-order valence-corrected chi connectivity index (χ0v) is 39.1. The molecule has 1 radical (unpaired) electrons. The molecule has 0 saturated heterocycles. The summed E-state index contributed by atoms with van der Waals surface area (Å²) >= 11 is 0. The molecule has 11 aromatic rings. The van der Waals surface area contributed by atoms with Crippen LogP contribution < -0.4 is 0 Å². The number of rotatable bonds is 7. The Morgan fingerprint density at radius 3 is 1.97 bits per heavy atom. The number of aromatic nitrogens is 3.